The number of nitrogens with zero attached hydrogens (tertiary/aromatic N) is 1. The molecule has 0 bridgehead atoms. The molecular formula is C15H21ClN2S. The second-order valence-electron chi connectivity index (χ2n) is 5.55. The second-order valence-corrected chi connectivity index (χ2v) is 6.40. The van der Waals surface area contributed by atoms with Crippen LogP contribution in [-0.4, -0.2) is 18.1 Å². The first kappa shape index (κ1) is 14.6. The van der Waals surface area contributed by atoms with Gasteiger partial charge in [-0.1, -0.05) is 30.7 Å². The molecule has 2 rings (SSSR count). The third-order valence-electron chi connectivity index (χ3n) is 4.16. The summed E-state index contributed by atoms with van der Waals surface area (Å²) in [7, 11) is 2.15. The van der Waals surface area contributed by atoms with Crippen LogP contribution in [0.1, 0.15) is 38.2 Å². The quantitative estimate of drug-likeness (QED) is 0.855. The number of thiocarbonyl (C=S) groups is 1. The third kappa shape index (κ3) is 3.40. The Morgan fingerprint density at radius 3 is 2.47 bits per heavy atom. The molecule has 1 saturated carbocycles. The van der Waals surface area contributed by atoms with Crippen molar-refractivity contribution in [1.29, 1.82) is 0 Å². The Hall–Kier alpha value is -0.800. The zero-order valence-electron chi connectivity index (χ0n) is 11.5. The number of hydrogen-bond acceptors (Lipinski definition) is 2. The number of hydrogen-bond donors (Lipinski definition) is 1. The van der Waals surface area contributed by atoms with Gasteiger partial charge in [-0.2, -0.15) is 0 Å². The van der Waals surface area contributed by atoms with E-state index in [1.165, 1.54) is 25.7 Å². The minimum atomic E-state index is 0.352. The van der Waals surface area contributed by atoms with Crippen molar-refractivity contribution < 1.29 is 0 Å². The average Bonchev–Trinajstić information content (AvgIpc) is 2.38. The fraction of sp³-hybridized carbons (Fsp3) is 0.533. The summed E-state index contributed by atoms with van der Waals surface area (Å²) in [5.74, 6) is 0.866. The van der Waals surface area contributed by atoms with Crippen LogP contribution in [0.2, 0.25) is 5.02 Å². The molecule has 1 aliphatic carbocycles. The van der Waals surface area contributed by atoms with E-state index in [0.717, 1.165) is 17.2 Å². The lowest BCUT2D eigenvalue weighted by Gasteiger charge is -2.35. The molecule has 0 aliphatic heterocycles. The van der Waals surface area contributed by atoms with Crippen LogP contribution in [0.3, 0.4) is 0 Å². The van der Waals surface area contributed by atoms with Gasteiger partial charge < -0.3 is 10.6 Å². The highest BCUT2D eigenvalue weighted by Gasteiger charge is 2.22. The lowest BCUT2D eigenvalue weighted by Crippen LogP contribution is -2.34. The highest BCUT2D eigenvalue weighted by atomic mass is 35.5. The Morgan fingerprint density at radius 1 is 1.32 bits per heavy atom. The Balaban J connectivity index is 2.13. The molecule has 0 atom stereocenters. The molecule has 104 valence electrons. The normalized spacial score (nSPS) is 23.1. The van der Waals surface area contributed by atoms with Crippen molar-refractivity contribution in [2.75, 3.05) is 11.9 Å². The Labute approximate surface area is 125 Å². The predicted octanol–water partition coefficient (Wildman–Crippen LogP) is 3.99. The molecule has 1 aliphatic rings. The van der Waals surface area contributed by atoms with E-state index < -0.39 is 0 Å². The van der Waals surface area contributed by atoms with Gasteiger partial charge in [0.15, 0.2) is 0 Å². The van der Waals surface area contributed by atoms with Gasteiger partial charge in [0.2, 0.25) is 0 Å². The summed E-state index contributed by atoms with van der Waals surface area (Å²) in [6, 6.07) is 6.55. The maximum Gasteiger partial charge on any atom is 0.105 e. The molecule has 2 N–H and O–H groups in total. The molecule has 0 spiro atoms. The molecular weight excluding hydrogens is 276 g/mol. The van der Waals surface area contributed by atoms with Crippen LogP contribution in [0.4, 0.5) is 5.69 Å². The van der Waals surface area contributed by atoms with Crippen LogP contribution in [-0.2, 0) is 0 Å². The van der Waals surface area contributed by atoms with Crippen LogP contribution in [0.15, 0.2) is 18.2 Å². The van der Waals surface area contributed by atoms with Gasteiger partial charge in [0.1, 0.15) is 4.99 Å². The second kappa shape index (κ2) is 6.10. The van der Waals surface area contributed by atoms with E-state index >= 15 is 0 Å². The van der Waals surface area contributed by atoms with Gasteiger partial charge in [0.25, 0.3) is 0 Å². The standard InChI is InChI=1S/C15H21ClN2S/c1-10-3-5-11(6-4-10)18(2)12-7-8-13(15(17)19)14(16)9-12/h7-11H,3-6H2,1-2H3,(H2,17,19). The summed E-state index contributed by atoms with van der Waals surface area (Å²) >= 11 is 11.2. The van der Waals surface area contributed by atoms with E-state index in [-0.39, 0.29) is 0 Å². The first-order valence-corrected chi connectivity index (χ1v) is 7.60. The van der Waals surface area contributed by atoms with Crippen LogP contribution >= 0.6 is 23.8 Å². The molecule has 1 aromatic carbocycles. The zero-order chi connectivity index (χ0) is 14.0. The van der Waals surface area contributed by atoms with Crippen molar-refractivity contribution in [3.05, 3.63) is 28.8 Å². The molecule has 4 heteroatoms. The van der Waals surface area contributed by atoms with E-state index in [9.17, 15) is 0 Å². The van der Waals surface area contributed by atoms with E-state index in [2.05, 4.69) is 24.9 Å². The van der Waals surface area contributed by atoms with E-state index in [0.29, 0.717) is 16.1 Å². The molecule has 1 fully saturated rings. The van der Waals surface area contributed by atoms with Gasteiger partial charge in [-0.25, -0.2) is 0 Å². The van der Waals surface area contributed by atoms with E-state index in [1.54, 1.807) is 0 Å². The highest BCUT2D eigenvalue weighted by molar-refractivity contribution is 7.80. The summed E-state index contributed by atoms with van der Waals surface area (Å²) in [5.41, 5.74) is 7.53. The molecule has 0 unspecified atom stereocenters. The summed E-state index contributed by atoms with van der Waals surface area (Å²) in [4.78, 5) is 2.69. The average molecular weight is 297 g/mol. The summed E-state index contributed by atoms with van der Waals surface area (Å²) in [6.07, 6.45) is 5.14. The molecule has 0 saturated heterocycles. The van der Waals surface area contributed by atoms with E-state index in [4.69, 9.17) is 29.6 Å². The van der Waals surface area contributed by atoms with Gasteiger partial charge in [0, 0.05) is 24.3 Å². The lowest BCUT2D eigenvalue weighted by molar-refractivity contribution is 0.341. The fourth-order valence-corrected chi connectivity index (χ4v) is 3.27. The van der Waals surface area contributed by atoms with Gasteiger partial charge >= 0.3 is 0 Å². The van der Waals surface area contributed by atoms with Gasteiger partial charge in [0.05, 0.1) is 5.02 Å². The first-order valence-electron chi connectivity index (χ1n) is 6.81. The van der Waals surface area contributed by atoms with Gasteiger partial charge in [-0.3, -0.25) is 0 Å². The van der Waals surface area contributed by atoms with Crippen molar-refractivity contribution in [1.82, 2.24) is 0 Å². The van der Waals surface area contributed by atoms with Crippen LogP contribution in [0, 0.1) is 5.92 Å². The molecule has 0 radical (unpaired) electrons. The number of nitrogens with two attached hydrogens (primary N) is 1. The maximum absolute atomic E-state index is 6.24. The zero-order valence-corrected chi connectivity index (χ0v) is 13.1. The molecule has 19 heavy (non-hydrogen) atoms. The number of anilines is 1. The Kier molecular flexibility index (Phi) is 4.69. The van der Waals surface area contributed by atoms with Crippen LogP contribution in [0.5, 0.6) is 0 Å². The van der Waals surface area contributed by atoms with Crippen molar-refractivity contribution >= 4 is 34.5 Å². The first-order chi connectivity index (χ1) is 8.99. The summed E-state index contributed by atoms with van der Waals surface area (Å²) in [5, 5.41) is 0.640. The molecule has 2 nitrogen and oxygen atoms in total. The van der Waals surface area contributed by atoms with Crippen molar-refractivity contribution in [3.8, 4) is 0 Å². The molecule has 1 aromatic rings. The highest BCUT2D eigenvalue weighted by Crippen LogP contribution is 2.31. The van der Waals surface area contributed by atoms with Crippen LogP contribution in [0.25, 0.3) is 0 Å². The minimum absolute atomic E-state index is 0.352. The molecule has 0 aromatic heterocycles. The van der Waals surface area contributed by atoms with E-state index in [1.807, 2.05) is 12.1 Å². The van der Waals surface area contributed by atoms with Crippen molar-refractivity contribution in [3.63, 3.8) is 0 Å². The maximum atomic E-state index is 6.24. The summed E-state index contributed by atoms with van der Waals surface area (Å²) in [6.45, 7) is 2.34. The Morgan fingerprint density at radius 2 is 1.95 bits per heavy atom. The monoisotopic (exact) mass is 296 g/mol. The van der Waals surface area contributed by atoms with Crippen molar-refractivity contribution in [2.24, 2.45) is 11.7 Å². The van der Waals surface area contributed by atoms with Gasteiger partial charge in [-0.15, -0.1) is 0 Å². The number of rotatable bonds is 3. The predicted molar refractivity (Wildman–Crippen MR) is 87.2 cm³/mol. The van der Waals surface area contributed by atoms with Crippen molar-refractivity contribution in [2.45, 2.75) is 38.6 Å². The number of halogens is 1. The summed E-state index contributed by atoms with van der Waals surface area (Å²) < 4.78 is 0. The largest absolute Gasteiger partial charge is 0.389 e. The molecule has 0 amide bonds. The Bertz CT molecular complexity index is 467. The molecule has 0 heterocycles. The third-order valence-corrected chi connectivity index (χ3v) is 4.69. The SMILES string of the molecule is CC1CCC(N(C)c2ccc(C(N)=S)c(Cl)c2)CC1. The lowest BCUT2D eigenvalue weighted by atomic mass is 9.86. The topological polar surface area (TPSA) is 29.3 Å². The number of benzene rings is 1. The van der Waals surface area contributed by atoms with Crippen LogP contribution < -0.4 is 10.6 Å². The smallest absolute Gasteiger partial charge is 0.105 e. The fourth-order valence-electron chi connectivity index (χ4n) is 2.76. The minimum Gasteiger partial charge on any atom is -0.389 e. The van der Waals surface area contributed by atoms with Gasteiger partial charge in [-0.05, 0) is 49.8 Å².